The lowest BCUT2D eigenvalue weighted by molar-refractivity contribution is -0.150. The van der Waals surface area contributed by atoms with E-state index in [0.29, 0.717) is 11.9 Å². The summed E-state index contributed by atoms with van der Waals surface area (Å²) in [4.78, 5) is 12.0. The molecule has 0 aromatic carbocycles. The van der Waals surface area contributed by atoms with Crippen LogP contribution in [-0.4, -0.2) is 47.4 Å². The summed E-state index contributed by atoms with van der Waals surface area (Å²) in [6, 6.07) is 0. The van der Waals surface area contributed by atoms with Gasteiger partial charge in [0, 0.05) is 11.9 Å². The van der Waals surface area contributed by atoms with Gasteiger partial charge < -0.3 is 15.2 Å². The molecule has 4 nitrogen and oxygen atoms in total. The van der Waals surface area contributed by atoms with Crippen molar-refractivity contribution in [1.29, 1.82) is 0 Å². The molecule has 0 bridgehead atoms. The average Bonchev–Trinajstić information content (AvgIpc) is 2.37. The summed E-state index contributed by atoms with van der Waals surface area (Å²) in [7, 11) is 0. The number of carbonyl (C=O) groups is 1. The first kappa shape index (κ1) is 18.7. The lowest BCUT2D eigenvalue weighted by Crippen LogP contribution is -2.51. The zero-order valence-corrected chi connectivity index (χ0v) is 13.5. The number of esters is 1. The summed E-state index contributed by atoms with van der Waals surface area (Å²) in [5.74, 6) is 0.714. The highest BCUT2D eigenvalue weighted by atomic mass is 32.2. The van der Waals surface area contributed by atoms with Gasteiger partial charge in [0.2, 0.25) is 0 Å². The van der Waals surface area contributed by atoms with Gasteiger partial charge in [-0.1, -0.05) is 13.8 Å². The number of nitrogens with one attached hydrogen (secondary N) is 1. The molecule has 0 fully saturated rings. The highest BCUT2D eigenvalue weighted by Crippen LogP contribution is 2.20. The summed E-state index contributed by atoms with van der Waals surface area (Å²) >= 11 is 1.79. The number of aliphatic hydroxyl groups is 1. The molecular formula is C14H29NO3S. The van der Waals surface area contributed by atoms with Crippen molar-refractivity contribution in [2.75, 3.05) is 25.5 Å². The van der Waals surface area contributed by atoms with Crippen molar-refractivity contribution in [3.63, 3.8) is 0 Å². The van der Waals surface area contributed by atoms with E-state index in [1.165, 1.54) is 0 Å². The fourth-order valence-electron chi connectivity index (χ4n) is 1.68. The fourth-order valence-corrected chi connectivity index (χ4v) is 2.88. The Labute approximate surface area is 121 Å². The number of rotatable bonds is 11. The second-order valence-electron chi connectivity index (χ2n) is 4.92. The SMILES string of the molecule is CCCNC(C)(CCSC(C)CCO)C(=O)OCC. The third-order valence-corrected chi connectivity index (χ3v) is 4.28. The second-order valence-corrected chi connectivity index (χ2v) is 6.47. The molecule has 0 heterocycles. The van der Waals surface area contributed by atoms with Crippen LogP contribution in [0.2, 0.25) is 0 Å². The van der Waals surface area contributed by atoms with Crippen LogP contribution in [0.15, 0.2) is 0 Å². The Bertz CT molecular complexity index is 251. The maximum atomic E-state index is 12.0. The third kappa shape index (κ3) is 7.80. The number of ether oxygens (including phenoxy) is 1. The quantitative estimate of drug-likeness (QED) is 0.572. The number of aliphatic hydroxyl groups excluding tert-OH is 1. The van der Waals surface area contributed by atoms with Crippen molar-refractivity contribution in [3.05, 3.63) is 0 Å². The Morgan fingerprint density at radius 2 is 2.16 bits per heavy atom. The molecule has 0 spiro atoms. The first-order valence-corrected chi connectivity index (χ1v) is 8.19. The molecule has 2 N–H and O–H groups in total. The molecule has 0 aromatic heterocycles. The first-order valence-electron chi connectivity index (χ1n) is 7.14. The Kier molecular flexibility index (Phi) is 10.4. The van der Waals surface area contributed by atoms with E-state index >= 15 is 0 Å². The summed E-state index contributed by atoms with van der Waals surface area (Å²) in [6.45, 7) is 9.37. The maximum absolute atomic E-state index is 12.0. The number of hydrogen-bond acceptors (Lipinski definition) is 5. The van der Waals surface area contributed by atoms with Gasteiger partial charge >= 0.3 is 5.97 Å². The van der Waals surface area contributed by atoms with Gasteiger partial charge in [-0.05, 0) is 45.4 Å². The summed E-state index contributed by atoms with van der Waals surface area (Å²) < 4.78 is 5.16. The first-order chi connectivity index (χ1) is 9.00. The van der Waals surface area contributed by atoms with E-state index in [4.69, 9.17) is 9.84 Å². The molecule has 0 radical (unpaired) electrons. The normalized spacial score (nSPS) is 15.8. The van der Waals surface area contributed by atoms with E-state index in [2.05, 4.69) is 19.2 Å². The minimum Gasteiger partial charge on any atom is -0.465 e. The molecule has 0 aliphatic carbocycles. The van der Waals surface area contributed by atoms with Crippen molar-refractivity contribution in [2.24, 2.45) is 0 Å². The fraction of sp³-hybridized carbons (Fsp3) is 0.929. The van der Waals surface area contributed by atoms with Crippen LogP contribution < -0.4 is 5.32 Å². The molecule has 0 saturated carbocycles. The molecular weight excluding hydrogens is 262 g/mol. The Morgan fingerprint density at radius 3 is 2.68 bits per heavy atom. The molecule has 0 aliphatic rings. The van der Waals surface area contributed by atoms with Crippen LogP contribution in [0.25, 0.3) is 0 Å². The summed E-state index contributed by atoms with van der Waals surface area (Å²) in [5.41, 5.74) is -0.599. The molecule has 19 heavy (non-hydrogen) atoms. The van der Waals surface area contributed by atoms with Gasteiger partial charge in [0.1, 0.15) is 5.54 Å². The second kappa shape index (κ2) is 10.5. The monoisotopic (exact) mass is 291 g/mol. The number of thioether (sulfide) groups is 1. The molecule has 5 heteroatoms. The summed E-state index contributed by atoms with van der Waals surface area (Å²) in [5, 5.41) is 12.6. The predicted molar refractivity (Wildman–Crippen MR) is 81.6 cm³/mol. The van der Waals surface area contributed by atoms with Crippen molar-refractivity contribution >= 4 is 17.7 Å². The zero-order valence-electron chi connectivity index (χ0n) is 12.7. The lowest BCUT2D eigenvalue weighted by atomic mass is 9.99. The van der Waals surface area contributed by atoms with Gasteiger partial charge in [-0.15, -0.1) is 0 Å². The van der Waals surface area contributed by atoms with Crippen molar-refractivity contribution in [1.82, 2.24) is 5.32 Å². The molecule has 2 atom stereocenters. The number of hydrogen-bond donors (Lipinski definition) is 2. The molecule has 0 aliphatic heterocycles. The zero-order chi connectivity index (χ0) is 14.7. The van der Waals surface area contributed by atoms with Crippen LogP contribution in [0.5, 0.6) is 0 Å². The van der Waals surface area contributed by atoms with Crippen LogP contribution in [0.4, 0.5) is 0 Å². The standard InChI is InChI=1S/C14H29NO3S/c1-5-9-15-14(4,13(17)18-6-2)8-11-19-12(3)7-10-16/h12,15-16H,5-11H2,1-4H3. The Morgan fingerprint density at radius 1 is 1.47 bits per heavy atom. The van der Waals surface area contributed by atoms with Gasteiger partial charge in [-0.3, -0.25) is 4.79 Å². The Hall–Kier alpha value is -0.260. The topological polar surface area (TPSA) is 58.6 Å². The van der Waals surface area contributed by atoms with E-state index in [1.807, 2.05) is 13.8 Å². The number of carbonyl (C=O) groups excluding carboxylic acids is 1. The third-order valence-electron chi connectivity index (χ3n) is 3.03. The van der Waals surface area contributed by atoms with Crippen LogP contribution in [-0.2, 0) is 9.53 Å². The molecule has 0 rings (SSSR count). The highest BCUT2D eigenvalue weighted by molar-refractivity contribution is 7.99. The van der Waals surface area contributed by atoms with Crippen LogP contribution in [0, 0.1) is 0 Å². The maximum Gasteiger partial charge on any atom is 0.326 e. The van der Waals surface area contributed by atoms with E-state index in [-0.39, 0.29) is 12.6 Å². The summed E-state index contributed by atoms with van der Waals surface area (Å²) in [6.07, 6.45) is 2.53. The highest BCUT2D eigenvalue weighted by Gasteiger charge is 2.33. The Balaban J connectivity index is 4.29. The van der Waals surface area contributed by atoms with E-state index in [1.54, 1.807) is 11.8 Å². The van der Waals surface area contributed by atoms with Gasteiger partial charge in [0.25, 0.3) is 0 Å². The largest absolute Gasteiger partial charge is 0.465 e. The van der Waals surface area contributed by atoms with E-state index in [9.17, 15) is 4.79 Å². The van der Waals surface area contributed by atoms with Crippen molar-refractivity contribution in [2.45, 2.75) is 57.7 Å². The van der Waals surface area contributed by atoms with Crippen LogP contribution in [0.1, 0.15) is 47.0 Å². The van der Waals surface area contributed by atoms with Gasteiger partial charge in [0.05, 0.1) is 6.61 Å². The minimum atomic E-state index is -0.599. The molecule has 114 valence electrons. The molecule has 0 aromatic rings. The van der Waals surface area contributed by atoms with E-state index in [0.717, 1.165) is 31.6 Å². The van der Waals surface area contributed by atoms with Crippen molar-refractivity contribution in [3.8, 4) is 0 Å². The minimum absolute atomic E-state index is 0.168. The average molecular weight is 291 g/mol. The lowest BCUT2D eigenvalue weighted by Gasteiger charge is -2.28. The van der Waals surface area contributed by atoms with Crippen LogP contribution >= 0.6 is 11.8 Å². The molecule has 0 amide bonds. The van der Waals surface area contributed by atoms with Gasteiger partial charge in [0.15, 0.2) is 0 Å². The van der Waals surface area contributed by atoms with E-state index < -0.39 is 5.54 Å². The molecule has 2 unspecified atom stereocenters. The molecule has 0 saturated heterocycles. The van der Waals surface area contributed by atoms with Crippen LogP contribution in [0.3, 0.4) is 0 Å². The van der Waals surface area contributed by atoms with Gasteiger partial charge in [-0.2, -0.15) is 11.8 Å². The smallest absolute Gasteiger partial charge is 0.326 e. The van der Waals surface area contributed by atoms with Crippen molar-refractivity contribution < 1.29 is 14.6 Å². The van der Waals surface area contributed by atoms with Gasteiger partial charge in [-0.25, -0.2) is 0 Å². The predicted octanol–water partition coefficient (Wildman–Crippen LogP) is 2.20.